The zero-order chi connectivity index (χ0) is 17.6. The molecule has 0 fully saturated rings. The zero-order valence-corrected chi connectivity index (χ0v) is 15.6. The minimum absolute atomic E-state index is 0.0439. The van der Waals surface area contributed by atoms with Crippen LogP contribution in [-0.4, -0.2) is 11.0 Å². The molecule has 1 amide bonds. The molecule has 5 heteroatoms. The van der Waals surface area contributed by atoms with Gasteiger partial charge in [0, 0.05) is 14.6 Å². The number of hydrogen-bond acceptors (Lipinski definition) is 4. The quantitative estimate of drug-likeness (QED) is 0.632. The van der Waals surface area contributed by atoms with Gasteiger partial charge in [0.25, 0.3) is 0 Å². The van der Waals surface area contributed by atoms with Gasteiger partial charge in [-0.3, -0.25) is 4.79 Å². The van der Waals surface area contributed by atoms with E-state index in [4.69, 9.17) is 0 Å². The Hall–Kier alpha value is -1.95. The first-order valence-corrected chi connectivity index (χ1v) is 10.0. The number of nitrogens with one attached hydrogen (secondary N) is 1. The molecule has 0 saturated carbocycles. The second kappa shape index (κ2) is 8.43. The zero-order valence-electron chi connectivity index (χ0n) is 14.0. The minimum Gasteiger partial charge on any atom is -0.382 e. The van der Waals surface area contributed by atoms with Gasteiger partial charge in [-0.05, 0) is 35.6 Å². The van der Waals surface area contributed by atoms with Crippen LogP contribution in [-0.2, 0) is 11.3 Å². The summed E-state index contributed by atoms with van der Waals surface area (Å²) < 4.78 is 0. The van der Waals surface area contributed by atoms with Crippen LogP contribution in [0.15, 0.2) is 60.0 Å². The van der Waals surface area contributed by atoms with Crippen LogP contribution in [0.3, 0.4) is 0 Å². The molecule has 2 N–H and O–H groups in total. The normalized spacial score (nSPS) is 13.4. The molecule has 3 aromatic rings. The van der Waals surface area contributed by atoms with Gasteiger partial charge < -0.3 is 10.4 Å². The number of aliphatic hydroxyl groups is 1. The molecule has 25 heavy (non-hydrogen) atoms. The molecule has 0 radical (unpaired) electrons. The van der Waals surface area contributed by atoms with Crippen LogP contribution < -0.4 is 5.32 Å². The molecule has 3 rings (SSSR count). The number of hydrogen-bond donors (Lipinski definition) is 2. The molecule has 1 aromatic carbocycles. The number of benzene rings is 1. The predicted molar refractivity (Wildman–Crippen MR) is 104 cm³/mol. The van der Waals surface area contributed by atoms with Crippen LogP contribution in [0.4, 0.5) is 0 Å². The van der Waals surface area contributed by atoms with Crippen LogP contribution in [0.25, 0.3) is 0 Å². The molecular formula is C20H21NO2S2. The van der Waals surface area contributed by atoms with Gasteiger partial charge in [0.05, 0.1) is 12.5 Å². The summed E-state index contributed by atoms with van der Waals surface area (Å²) in [6.07, 6.45) is 0.185. The molecule has 2 aromatic heterocycles. The fourth-order valence-corrected chi connectivity index (χ4v) is 4.54. The Labute approximate surface area is 156 Å². The van der Waals surface area contributed by atoms with Gasteiger partial charge in [-0.1, -0.05) is 43.3 Å². The first kappa shape index (κ1) is 17.9. The van der Waals surface area contributed by atoms with Crippen molar-refractivity contribution >= 4 is 28.6 Å². The highest BCUT2D eigenvalue weighted by molar-refractivity contribution is 7.12. The molecule has 2 unspecified atom stereocenters. The topological polar surface area (TPSA) is 49.3 Å². The first-order chi connectivity index (χ1) is 12.2. The molecule has 0 bridgehead atoms. The van der Waals surface area contributed by atoms with E-state index < -0.39 is 6.10 Å². The molecule has 0 saturated heterocycles. The lowest BCUT2D eigenvalue weighted by atomic mass is 9.96. The second-order valence-corrected chi connectivity index (χ2v) is 7.99. The van der Waals surface area contributed by atoms with Gasteiger partial charge in [0.2, 0.25) is 5.91 Å². The van der Waals surface area contributed by atoms with E-state index in [1.807, 2.05) is 66.9 Å². The van der Waals surface area contributed by atoms with Gasteiger partial charge >= 0.3 is 0 Å². The number of rotatable bonds is 7. The molecule has 2 heterocycles. The Bertz CT molecular complexity index is 796. The fraction of sp³-hybridized carbons (Fsp3) is 0.250. The van der Waals surface area contributed by atoms with Gasteiger partial charge in [-0.2, -0.15) is 0 Å². The lowest BCUT2D eigenvalue weighted by Crippen LogP contribution is -2.28. The highest BCUT2D eigenvalue weighted by Gasteiger charge is 2.19. The maximum Gasteiger partial charge on any atom is 0.227 e. The Morgan fingerprint density at radius 3 is 2.56 bits per heavy atom. The maximum atomic E-state index is 12.5. The Morgan fingerprint density at radius 2 is 1.88 bits per heavy atom. The molecule has 0 aliphatic rings. The van der Waals surface area contributed by atoms with Crippen molar-refractivity contribution in [2.75, 3.05) is 0 Å². The average molecular weight is 372 g/mol. The van der Waals surface area contributed by atoms with Crippen molar-refractivity contribution in [3.05, 3.63) is 80.2 Å². The Balaban J connectivity index is 1.61. The van der Waals surface area contributed by atoms with Crippen molar-refractivity contribution in [1.29, 1.82) is 0 Å². The van der Waals surface area contributed by atoms with Crippen LogP contribution in [0.5, 0.6) is 0 Å². The van der Waals surface area contributed by atoms with E-state index in [0.717, 1.165) is 26.6 Å². The van der Waals surface area contributed by atoms with Crippen molar-refractivity contribution in [1.82, 2.24) is 5.32 Å². The van der Waals surface area contributed by atoms with E-state index in [2.05, 4.69) is 5.32 Å². The summed E-state index contributed by atoms with van der Waals surface area (Å²) in [5.41, 5.74) is 1.04. The lowest BCUT2D eigenvalue weighted by Gasteiger charge is -2.15. The molecule has 0 aliphatic heterocycles. The molecule has 0 aliphatic carbocycles. The van der Waals surface area contributed by atoms with Crippen molar-refractivity contribution in [3.63, 3.8) is 0 Å². The summed E-state index contributed by atoms with van der Waals surface area (Å²) in [6, 6.07) is 17.6. The third-order valence-electron chi connectivity index (χ3n) is 4.13. The van der Waals surface area contributed by atoms with Crippen LogP contribution in [0, 0.1) is 0 Å². The standard InChI is InChI=1S/C20H21NO2S2/c1-2-16(14-7-4-3-5-8-14)20(23)21-13-15-10-11-18(25-15)19(22)17-9-6-12-24-17/h3-12,16,19,22H,2,13H2,1H3,(H,21,23). The van der Waals surface area contributed by atoms with E-state index in [1.165, 1.54) is 11.3 Å². The fourth-order valence-electron chi connectivity index (χ4n) is 2.78. The second-order valence-electron chi connectivity index (χ2n) is 5.81. The number of aliphatic hydroxyl groups excluding tert-OH is 1. The van der Waals surface area contributed by atoms with Crippen molar-refractivity contribution in [2.24, 2.45) is 0 Å². The average Bonchev–Trinajstić information content (AvgIpc) is 3.33. The lowest BCUT2D eigenvalue weighted by molar-refractivity contribution is -0.122. The monoisotopic (exact) mass is 371 g/mol. The Morgan fingerprint density at radius 1 is 1.08 bits per heavy atom. The summed E-state index contributed by atoms with van der Waals surface area (Å²) in [5, 5.41) is 15.4. The van der Waals surface area contributed by atoms with Gasteiger partial charge in [0.15, 0.2) is 0 Å². The summed E-state index contributed by atoms with van der Waals surface area (Å²) in [7, 11) is 0. The number of thiophene rings is 2. The van der Waals surface area contributed by atoms with Crippen LogP contribution >= 0.6 is 22.7 Å². The maximum absolute atomic E-state index is 12.5. The predicted octanol–water partition coefficient (Wildman–Crippen LogP) is 4.70. The third kappa shape index (κ3) is 4.37. The summed E-state index contributed by atoms with van der Waals surface area (Å²) in [6.45, 7) is 2.52. The Kier molecular flexibility index (Phi) is 6.02. The smallest absolute Gasteiger partial charge is 0.227 e. The molecular weight excluding hydrogens is 350 g/mol. The first-order valence-electron chi connectivity index (χ1n) is 8.31. The highest BCUT2D eigenvalue weighted by Crippen LogP contribution is 2.31. The summed E-state index contributed by atoms with van der Waals surface area (Å²) >= 11 is 3.08. The van der Waals surface area contributed by atoms with Crippen molar-refractivity contribution < 1.29 is 9.90 Å². The van der Waals surface area contributed by atoms with Gasteiger partial charge in [-0.25, -0.2) is 0 Å². The van der Waals surface area contributed by atoms with E-state index >= 15 is 0 Å². The van der Waals surface area contributed by atoms with E-state index in [0.29, 0.717) is 6.54 Å². The number of carbonyl (C=O) groups excluding carboxylic acids is 1. The third-order valence-corrected chi connectivity index (χ3v) is 6.19. The largest absolute Gasteiger partial charge is 0.382 e. The molecule has 2 atom stereocenters. The summed E-state index contributed by atoms with van der Waals surface area (Å²) in [5.74, 6) is -0.0835. The highest BCUT2D eigenvalue weighted by atomic mass is 32.1. The van der Waals surface area contributed by atoms with Crippen LogP contribution in [0.2, 0.25) is 0 Å². The van der Waals surface area contributed by atoms with Crippen molar-refractivity contribution in [3.8, 4) is 0 Å². The van der Waals surface area contributed by atoms with Crippen molar-refractivity contribution in [2.45, 2.75) is 31.9 Å². The number of amides is 1. The van der Waals surface area contributed by atoms with Gasteiger partial charge in [0.1, 0.15) is 6.10 Å². The van der Waals surface area contributed by atoms with E-state index in [-0.39, 0.29) is 11.8 Å². The SMILES string of the molecule is CCC(C(=O)NCc1ccc(C(O)c2cccs2)s1)c1ccccc1. The van der Waals surface area contributed by atoms with Gasteiger partial charge in [-0.15, -0.1) is 22.7 Å². The van der Waals surface area contributed by atoms with Crippen LogP contribution in [0.1, 0.15) is 45.6 Å². The summed E-state index contributed by atoms with van der Waals surface area (Å²) in [4.78, 5) is 15.4. The molecule has 0 spiro atoms. The minimum atomic E-state index is -0.581. The number of carbonyl (C=O) groups is 1. The van der Waals surface area contributed by atoms with E-state index in [9.17, 15) is 9.90 Å². The molecule has 130 valence electrons. The molecule has 3 nitrogen and oxygen atoms in total. The van der Waals surface area contributed by atoms with E-state index in [1.54, 1.807) is 11.3 Å².